The number of hydrogen-bond donors (Lipinski definition) is 0. The standard InChI is InChI=1S/C15H11ClF2O2/c1-20-15-7-10(3-5-13(15)18)14(19)6-9-2-4-11(17)8-12(9)16/h2-5,7-8H,6H2,1H3. The van der Waals surface area contributed by atoms with Gasteiger partial charge < -0.3 is 4.74 Å². The van der Waals surface area contributed by atoms with E-state index in [1.807, 2.05) is 0 Å². The van der Waals surface area contributed by atoms with Gasteiger partial charge in [0.2, 0.25) is 0 Å². The molecule has 20 heavy (non-hydrogen) atoms. The second-order valence-electron chi connectivity index (χ2n) is 4.19. The maximum absolute atomic E-state index is 13.3. The molecule has 2 aromatic carbocycles. The zero-order valence-corrected chi connectivity index (χ0v) is 11.4. The molecule has 0 amide bonds. The fourth-order valence-corrected chi connectivity index (χ4v) is 2.01. The third-order valence-corrected chi connectivity index (χ3v) is 3.19. The molecule has 0 fully saturated rings. The topological polar surface area (TPSA) is 26.3 Å². The van der Waals surface area contributed by atoms with Crippen LogP contribution in [0.5, 0.6) is 5.75 Å². The molecular weight excluding hydrogens is 286 g/mol. The zero-order chi connectivity index (χ0) is 14.7. The van der Waals surface area contributed by atoms with Crippen molar-refractivity contribution in [3.63, 3.8) is 0 Å². The lowest BCUT2D eigenvalue weighted by Gasteiger charge is -2.06. The lowest BCUT2D eigenvalue weighted by atomic mass is 10.0. The van der Waals surface area contributed by atoms with Crippen molar-refractivity contribution in [3.05, 3.63) is 64.2 Å². The van der Waals surface area contributed by atoms with Crippen LogP contribution in [0.3, 0.4) is 0 Å². The molecule has 0 spiro atoms. The number of carbonyl (C=O) groups is 1. The van der Waals surface area contributed by atoms with E-state index in [9.17, 15) is 13.6 Å². The highest BCUT2D eigenvalue weighted by Gasteiger charge is 2.13. The number of hydrogen-bond acceptors (Lipinski definition) is 2. The van der Waals surface area contributed by atoms with Crippen LogP contribution in [0.1, 0.15) is 15.9 Å². The summed E-state index contributed by atoms with van der Waals surface area (Å²) < 4.78 is 31.0. The van der Waals surface area contributed by atoms with Gasteiger partial charge in [0, 0.05) is 17.0 Å². The largest absolute Gasteiger partial charge is 0.494 e. The van der Waals surface area contributed by atoms with Crippen molar-refractivity contribution in [2.45, 2.75) is 6.42 Å². The first kappa shape index (κ1) is 14.5. The maximum atomic E-state index is 13.3. The van der Waals surface area contributed by atoms with Gasteiger partial charge >= 0.3 is 0 Å². The SMILES string of the molecule is COc1cc(C(=O)Cc2ccc(F)cc2Cl)ccc1F. The molecule has 0 bridgehead atoms. The van der Waals surface area contributed by atoms with Gasteiger partial charge in [0.1, 0.15) is 5.82 Å². The van der Waals surface area contributed by atoms with Gasteiger partial charge in [-0.1, -0.05) is 17.7 Å². The Morgan fingerprint density at radius 2 is 1.95 bits per heavy atom. The third-order valence-electron chi connectivity index (χ3n) is 2.84. The van der Waals surface area contributed by atoms with Gasteiger partial charge in [-0.3, -0.25) is 4.79 Å². The van der Waals surface area contributed by atoms with Gasteiger partial charge in [0.05, 0.1) is 7.11 Å². The summed E-state index contributed by atoms with van der Waals surface area (Å²) in [7, 11) is 1.32. The van der Waals surface area contributed by atoms with E-state index in [1.54, 1.807) is 0 Å². The molecule has 0 aliphatic rings. The molecule has 2 rings (SSSR count). The summed E-state index contributed by atoms with van der Waals surface area (Å²) in [6.07, 6.45) is 0.00784. The highest BCUT2D eigenvalue weighted by molar-refractivity contribution is 6.31. The quantitative estimate of drug-likeness (QED) is 0.796. The molecule has 0 heterocycles. The number of ether oxygens (including phenoxy) is 1. The molecule has 0 unspecified atom stereocenters. The first-order chi connectivity index (χ1) is 9.51. The smallest absolute Gasteiger partial charge is 0.167 e. The highest BCUT2D eigenvalue weighted by Crippen LogP contribution is 2.22. The van der Waals surface area contributed by atoms with E-state index in [0.717, 1.165) is 6.07 Å². The second kappa shape index (κ2) is 6.01. The minimum absolute atomic E-state index is 0.000975. The second-order valence-corrected chi connectivity index (χ2v) is 4.59. The number of ketones is 1. The molecule has 0 aromatic heterocycles. The monoisotopic (exact) mass is 296 g/mol. The van der Waals surface area contributed by atoms with Crippen LogP contribution in [0, 0.1) is 11.6 Å². The Morgan fingerprint density at radius 3 is 2.60 bits per heavy atom. The Balaban J connectivity index is 2.24. The van der Waals surface area contributed by atoms with Gasteiger partial charge in [-0.05, 0) is 35.9 Å². The van der Waals surface area contributed by atoms with Crippen molar-refractivity contribution < 1.29 is 18.3 Å². The van der Waals surface area contributed by atoms with Crippen LogP contribution in [-0.4, -0.2) is 12.9 Å². The first-order valence-corrected chi connectivity index (χ1v) is 6.19. The van der Waals surface area contributed by atoms with E-state index in [0.29, 0.717) is 11.1 Å². The fourth-order valence-electron chi connectivity index (χ4n) is 1.77. The maximum Gasteiger partial charge on any atom is 0.167 e. The van der Waals surface area contributed by atoms with Crippen LogP contribution in [-0.2, 0) is 6.42 Å². The van der Waals surface area contributed by atoms with Crippen LogP contribution >= 0.6 is 11.6 Å². The Hall–Kier alpha value is -1.94. The molecule has 104 valence electrons. The Morgan fingerprint density at radius 1 is 1.20 bits per heavy atom. The summed E-state index contributed by atoms with van der Waals surface area (Å²) in [4.78, 5) is 12.1. The van der Waals surface area contributed by atoms with E-state index in [1.165, 1.54) is 37.4 Å². The minimum Gasteiger partial charge on any atom is -0.494 e. The van der Waals surface area contributed by atoms with Crippen LogP contribution < -0.4 is 4.74 Å². The van der Waals surface area contributed by atoms with Crippen LogP contribution in [0.15, 0.2) is 36.4 Å². The van der Waals surface area contributed by atoms with Crippen molar-refractivity contribution in [2.24, 2.45) is 0 Å². The van der Waals surface area contributed by atoms with Crippen LogP contribution in [0.25, 0.3) is 0 Å². The van der Waals surface area contributed by atoms with Gasteiger partial charge in [-0.25, -0.2) is 8.78 Å². The number of methoxy groups -OCH3 is 1. The van der Waals surface area contributed by atoms with Crippen LogP contribution in [0.4, 0.5) is 8.78 Å². The molecule has 0 N–H and O–H groups in total. The highest BCUT2D eigenvalue weighted by atomic mass is 35.5. The third kappa shape index (κ3) is 3.14. The minimum atomic E-state index is -0.538. The van der Waals surface area contributed by atoms with Crippen molar-refractivity contribution in [2.75, 3.05) is 7.11 Å². The molecule has 0 saturated heterocycles. The molecule has 0 atom stereocenters. The number of halogens is 3. The van der Waals surface area contributed by atoms with Gasteiger partial charge in [-0.15, -0.1) is 0 Å². The summed E-state index contributed by atoms with van der Waals surface area (Å²) in [5, 5.41) is 0.187. The van der Waals surface area contributed by atoms with Gasteiger partial charge in [0.15, 0.2) is 17.3 Å². The molecule has 2 aromatic rings. The van der Waals surface area contributed by atoms with Crippen molar-refractivity contribution in [1.82, 2.24) is 0 Å². The zero-order valence-electron chi connectivity index (χ0n) is 10.6. The summed E-state index contributed by atoms with van der Waals surface area (Å²) in [6.45, 7) is 0. The van der Waals surface area contributed by atoms with E-state index >= 15 is 0 Å². The Kier molecular flexibility index (Phi) is 4.35. The number of rotatable bonds is 4. The molecule has 0 aliphatic heterocycles. The summed E-state index contributed by atoms with van der Waals surface area (Å²) >= 11 is 5.87. The van der Waals surface area contributed by atoms with Crippen molar-refractivity contribution >= 4 is 17.4 Å². The average Bonchev–Trinajstić information content (AvgIpc) is 2.42. The number of benzene rings is 2. The molecule has 0 saturated carbocycles. The predicted octanol–water partition coefficient (Wildman–Crippen LogP) is 4.05. The Bertz CT molecular complexity index is 656. The number of carbonyl (C=O) groups excluding carboxylic acids is 1. The summed E-state index contributed by atoms with van der Waals surface area (Å²) in [5.41, 5.74) is 0.824. The van der Waals surface area contributed by atoms with E-state index < -0.39 is 11.6 Å². The van der Waals surface area contributed by atoms with Gasteiger partial charge in [-0.2, -0.15) is 0 Å². The summed E-state index contributed by atoms with van der Waals surface area (Å²) in [5.74, 6) is -1.25. The lowest BCUT2D eigenvalue weighted by molar-refractivity contribution is 0.0992. The Labute approximate surface area is 119 Å². The van der Waals surface area contributed by atoms with Crippen molar-refractivity contribution in [1.29, 1.82) is 0 Å². The molecule has 5 heteroatoms. The molecule has 0 aliphatic carbocycles. The molecular formula is C15H11ClF2O2. The summed E-state index contributed by atoms with van der Waals surface area (Å²) in [6, 6.07) is 7.70. The fraction of sp³-hybridized carbons (Fsp3) is 0.133. The lowest BCUT2D eigenvalue weighted by Crippen LogP contribution is -2.05. The van der Waals surface area contributed by atoms with Crippen molar-refractivity contribution in [3.8, 4) is 5.75 Å². The van der Waals surface area contributed by atoms with Gasteiger partial charge in [0.25, 0.3) is 0 Å². The predicted molar refractivity (Wildman–Crippen MR) is 72.4 cm³/mol. The van der Waals surface area contributed by atoms with E-state index in [-0.39, 0.29) is 23.0 Å². The van der Waals surface area contributed by atoms with E-state index in [4.69, 9.17) is 16.3 Å². The normalized spacial score (nSPS) is 10.4. The van der Waals surface area contributed by atoms with Crippen LogP contribution in [0.2, 0.25) is 5.02 Å². The number of Topliss-reactive ketones (excluding diaryl/α,β-unsaturated/α-hetero) is 1. The average molecular weight is 297 g/mol. The van der Waals surface area contributed by atoms with E-state index in [2.05, 4.69) is 0 Å². The first-order valence-electron chi connectivity index (χ1n) is 5.82. The molecule has 2 nitrogen and oxygen atoms in total. The molecule has 0 radical (unpaired) electrons.